The van der Waals surface area contributed by atoms with Gasteiger partial charge in [-0.3, -0.25) is 4.79 Å². The molecule has 2 fully saturated rings. The van der Waals surface area contributed by atoms with E-state index in [9.17, 15) is 13.2 Å². The Balaban J connectivity index is 0.00000324. The normalized spacial score (nSPS) is 19.3. The van der Waals surface area contributed by atoms with Crippen LogP contribution in [0.5, 0.6) is 0 Å². The summed E-state index contributed by atoms with van der Waals surface area (Å²) in [6, 6.07) is 14.6. The van der Waals surface area contributed by atoms with Gasteiger partial charge in [0.25, 0.3) is 0 Å². The standard InChI is InChI=1S/C25H32ClN3O3S.ClH/c1-33(31,32)22-8-2-19(3-9-22)18-29-17-13-25(24(29)30)11-15-28(16-12-25)14-10-23(27)20-4-6-21(26)7-5-20;/h2-9,23H,10-18,27H2,1H3;1H. The van der Waals surface area contributed by atoms with Crippen LogP contribution in [-0.4, -0.2) is 56.6 Å². The summed E-state index contributed by atoms with van der Waals surface area (Å²) in [4.78, 5) is 17.9. The molecule has 6 nitrogen and oxygen atoms in total. The predicted octanol–water partition coefficient (Wildman–Crippen LogP) is 4.07. The first-order chi connectivity index (χ1) is 15.7. The fraction of sp³-hybridized carbons (Fsp3) is 0.480. The second-order valence-corrected chi connectivity index (χ2v) is 11.9. The van der Waals surface area contributed by atoms with Gasteiger partial charge in [-0.25, -0.2) is 8.42 Å². The van der Waals surface area contributed by atoms with E-state index in [4.69, 9.17) is 17.3 Å². The number of rotatable bonds is 7. The van der Waals surface area contributed by atoms with E-state index in [2.05, 4.69) is 4.90 Å². The second kappa shape index (κ2) is 11.0. The molecule has 1 amide bonds. The second-order valence-electron chi connectivity index (χ2n) is 9.46. The molecule has 2 heterocycles. The highest BCUT2D eigenvalue weighted by atomic mass is 35.5. The van der Waals surface area contributed by atoms with Crippen LogP contribution in [0.4, 0.5) is 0 Å². The number of likely N-dealkylation sites (tertiary alicyclic amines) is 2. The molecule has 2 aliphatic rings. The van der Waals surface area contributed by atoms with Crippen LogP contribution in [0.3, 0.4) is 0 Å². The van der Waals surface area contributed by atoms with Crippen molar-refractivity contribution in [1.29, 1.82) is 0 Å². The fourth-order valence-corrected chi connectivity index (χ4v) is 5.73. The van der Waals surface area contributed by atoms with Crippen molar-refractivity contribution < 1.29 is 13.2 Å². The van der Waals surface area contributed by atoms with Crippen molar-refractivity contribution in [2.24, 2.45) is 11.1 Å². The molecule has 0 saturated carbocycles. The highest BCUT2D eigenvalue weighted by Crippen LogP contribution is 2.42. The SMILES string of the molecule is CS(=O)(=O)c1ccc(CN2CCC3(CCN(CCC(N)c4ccc(Cl)cc4)CC3)C2=O)cc1.Cl. The first-order valence-corrected chi connectivity index (χ1v) is 13.8. The summed E-state index contributed by atoms with van der Waals surface area (Å²) >= 11 is 5.96. The third-order valence-corrected chi connectivity index (χ3v) is 8.57. The average molecular weight is 527 g/mol. The molecule has 0 aliphatic carbocycles. The van der Waals surface area contributed by atoms with E-state index in [-0.39, 0.29) is 29.8 Å². The summed E-state index contributed by atoms with van der Waals surface area (Å²) in [6.45, 7) is 4.04. The maximum Gasteiger partial charge on any atom is 0.229 e. The lowest BCUT2D eigenvalue weighted by Crippen LogP contribution is -2.45. The van der Waals surface area contributed by atoms with Crippen LogP contribution in [0.15, 0.2) is 53.4 Å². The number of halogens is 2. The number of piperidine rings is 1. The third kappa shape index (κ3) is 6.13. The van der Waals surface area contributed by atoms with E-state index in [0.29, 0.717) is 16.5 Å². The number of nitrogens with two attached hydrogens (primary N) is 1. The summed E-state index contributed by atoms with van der Waals surface area (Å²) in [7, 11) is -3.21. The van der Waals surface area contributed by atoms with Crippen LogP contribution >= 0.6 is 24.0 Å². The minimum atomic E-state index is -3.21. The molecule has 0 radical (unpaired) electrons. The Morgan fingerprint density at radius 3 is 2.18 bits per heavy atom. The van der Waals surface area contributed by atoms with E-state index >= 15 is 0 Å². The number of hydrogen-bond donors (Lipinski definition) is 1. The number of carbonyl (C=O) groups is 1. The molecule has 1 atom stereocenters. The predicted molar refractivity (Wildman–Crippen MR) is 138 cm³/mol. The van der Waals surface area contributed by atoms with Gasteiger partial charge in [-0.1, -0.05) is 35.9 Å². The first-order valence-electron chi connectivity index (χ1n) is 11.5. The molecule has 34 heavy (non-hydrogen) atoms. The topological polar surface area (TPSA) is 83.7 Å². The number of carbonyl (C=O) groups excluding carboxylic acids is 1. The molecule has 2 aliphatic heterocycles. The summed E-state index contributed by atoms with van der Waals surface area (Å²) in [6.07, 6.45) is 4.73. The zero-order valence-electron chi connectivity index (χ0n) is 19.5. The van der Waals surface area contributed by atoms with Crippen molar-refractivity contribution in [2.75, 3.05) is 32.4 Å². The van der Waals surface area contributed by atoms with Gasteiger partial charge in [0.2, 0.25) is 5.91 Å². The molecule has 0 bridgehead atoms. The lowest BCUT2D eigenvalue weighted by atomic mass is 9.77. The van der Waals surface area contributed by atoms with Crippen LogP contribution in [0.1, 0.15) is 42.9 Å². The Morgan fingerprint density at radius 1 is 1.00 bits per heavy atom. The highest BCUT2D eigenvalue weighted by molar-refractivity contribution is 7.90. The Bertz CT molecular complexity index is 1080. The van der Waals surface area contributed by atoms with Crippen LogP contribution in [0.2, 0.25) is 5.02 Å². The van der Waals surface area contributed by atoms with Gasteiger partial charge in [0, 0.05) is 30.4 Å². The number of sulfone groups is 1. The van der Waals surface area contributed by atoms with Crippen molar-refractivity contribution in [1.82, 2.24) is 9.80 Å². The monoisotopic (exact) mass is 525 g/mol. The summed E-state index contributed by atoms with van der Waals surface area (Å²) < 4.78 is 23.3. The molecule has 2 saturated heterocycles. The van der Waals surface area contributed by atoms with Gasteiger partial charge in [0.05, 0.1) is 10.3 Å². The van der Waals surface area contributed by atoms with E-state index in [1.807, 2.05) is 29.2 Å². The summed E-state index contributed by atoms with van der Waals surface area (Å²) in [5.74, 6) is 0.243. The van der Waals surface area contributed by atoms with Crippen molar-refractivity contribution >= 4 is 39.8 Å². The van der Waals surface area contributed by atoms with Gasteiger partial charge < -0.3 is 15.5 Å². The highest BCUT2D eigenvalue weighted by Gasteiger charge is 2.47. The quantitative estimate of drug-likeness (QED) is 0.588. The minimum Gasteiger partial charge on any atom is -0.338 e. The van der Waals surface area contributed by atoms with Gasteiger partial charge in [0.15, 0.2) is 9.84 Å². The van der Waals surface area contributed by atoms with Crippen LogP contribution < -0.4 is 5.73 Å². The molecule has 2 aromatic rings. The van der Waals surface area contributed by atoms with E-state index < -0.39 is 9.84 Å². The van der Waals surface area contributed by atoms with E-state index in [0.717, 1.165) is 63.0 Å². The third-order valence-electron chi connectivity index (χ3n) is 7.19. The molecule has 4 rings (SSSR count). The Morgan fingerprint density at radius 2 is 1.59 bits per heavy atom. The van der Waals surface area contributed by atoms with Crippen LogP contribution in [0, 0.1) is 5.41 Å². The van der Waals surface area contributed by atoms with Crippen molar-refractivity contribution in [3.05, 3.63) is 64.7 Å². The van der Waals surface area contributed by atoms with Gasteiger partial charge in [-0.15, -0.1) is 12.4 Å². The Kier molecular flexibility index (Phi) is 8.69. The zero-order valence-corrected chi connectivity index (χ0v) is 21.8. The molecule has 186 valence electrons. The lowest BCUT2D eigenvalue weighted by molar-refractivity contribution is -0.138. The van der Waals surface area contributed by atoms with Gasteiger partial charge >= 0.3 is 0 Å². The molecular formula is C25H33Cl2N3O3S. The van der Waals surface area contributed by atoms with Gasteiger partial charge in [-0.05, 0) is 80.7 Å². The van der Waals surface area contributed by atoms with Crippen LogP contribution in [-0.2, 0) is 21.2 Å². The fourth-order valence-electron chi connectivity index (χ4n) is 4.97. The maximum absolute atomic E-state index is 13.3. The number of nitrogens with zero attached hydrogens (tertiary/aromatic N) is 2. The Labute approximate surface area is 213 Å². The number of hydrogen-bond acceptors (Lipinski definition) is 5. The zero-order chi connectivity index (χ0) is 23.6. The minimum absolute atomic E-state index is 0. The largest absolute Gasteiger partial charge is 0.338 e. The van der Waals surface area contributed by atoms with E-state index in [1.165, 1.54) is 6.26 Å². The summed E-state index contributed by atoms with van der Waals surface area (Å²) in [5.41, 5.74) is 8.17. The summed E-state index contributed by atoms with van der Waals surface area (Å²) in [5, 5.41) is 0.716. The molecular weight excluding hydrogens is 493 g/mol. The van der Waals surface area contributed by atoms with Gasteiger partial charge in [-0.2, -0.15) is 0 Å². The van der Waals surface area contributed by atoms with E-state index in [1.54, 1.807) is 24.3 Å². The number of benzene rings is 2. The van der Waals surface area contributed by atoms with Crippen molar-refractivity contribution in [3.8, 4) is 0 Å². The average Bonchev–Trinajstić information content (AvgIpc) is 3.08. The number of amides is 1. The van der Waals surface area contributed by atoms with Crippen LogP contribution in [0.25, 0.3) is 0 Å². The van der Waals surface area contributed by atoms with Crippen molar-refractivity contribution in [3.63, 3.8) is 0 Å². The Hall–Kier alpha value is -1.64. The molecule has 1 unspecified atom stereocenters. The smallest absolute Gasteiger partial charge is 0.229 e. The molecule has 0 aromatic heterocycles. The molecule has 1 spiro atoms. The lowest BCUT2D eigenvalue weighted by Gasteiger charge is -2.38. The molecule has 2 N–H and O–H groups in total. The first kappa shape index (κ1) is 27.0. The molecule has 2 aromatic carbocycles. The maximum atomic E-state index is 13.3. The molecule has 9 heteroatoms. The van der Waals surface area contributed by atoms with Crippen molar-refractivity contribution in [2.45, 2.75) is 43.2 Å². The van der Waals surface area contributed by atoms with Gasteiger partial charge in [0.1, 0.15) is 0 Å².